The van der Waals surface area contributed by atoms with E-state index in [0.717, 1.165) is 28.7 Å². The summed E-state index contributed by atoms with van der Waals surface area (Å²) >= 11 is 8.08. The van der Waals surface area contributed by atoms with Crippen LogP contribution in [0.2, 0.25) is 5.02 Å². The van der Waals surface area contributed by atoms with Gasteiger partial charge in [0.05, 0.1) is 11.9 Å². The number of thiophene rings is 1. The molecule has 2 aromatic heterocycles. The fourth-order valence-corrected chi connectivity index (χ4v) is 5.39. The van der Waals surface area contributed by atoms with E-state index < -0.39 is 9.84 Å². The van der Waals surface area contributed by atoms with Gasteiger partial charge in [0.15, 0.2) is 5.16 Å². The normalized spacial score (nSPS) is 11.4. The summed E-state index contributed by atoms with van der Waals surface area (Å²) in [5, 5.41) is 5.16. The number of aromatic nitrogens is 2. The number of nitrogens with two attached hydrogens (primary N) is 1. The summed E-state index contributed by atoms with van der Waals surface area (Å²) < 4.78 is 25.2. The van der Waals surface area contributed by atoms with Gasteiger partial charge in [-0.15, -0.1) is 11.3 Å². The van der Waals surface area contributed by atoms with E-state index in [1.54, 1.807) is 23.6 Å². The van der Waals surface area contributed by atoms with Crippen LogP contribution < -0.4 is 11.1 Å². The highest BCUT2D eigenvalue weighted by Gasteiger charge is 2.23. The van der Waals surface area contributed by atoms with Crippen molar-refractivity contribution in [2.45, 2.75) is 21.2 Å². The monoisotopic (exact) mass is 454 g/mol. The SMILES string of the molecule is Cc1ccc(Cl)cc1NC(=O)CSc1ncc(S(=O)(=O)c2cccs2)c(N)n1. The number of amides is 1. The number of carbonyl (C=O) groups is 1. The summed E-state index contributed by atoms with van der Waals surface area (Å²) in [6.45, 7) is 1.86. The predicted octanol–water partition coefficient (Wildman–Crippen LogP) is 3.65. The zero-order valence-electron chi connectivity index (χ0n) is 14.5. The number of sulfone groups is 1. The van der Waals surface area contributed by atoms with Gasteiger partial charge in [0.2, 0.25) is 15.7 Å². The number of benzene rings is 1. The second-order valence-electron chi connectivity index (χ2n) is 5.63. The van der Waals surface area contributed by atoms with Gasteiger partial charge in [0, 0.05) is 10.7 Å². The zero-order valence-corrected chi connectivity index (χ0v) is 17.8. The molecule has 0 unspecified atom stereocenters. The van der Waals surface area contributed by atoms with E-state index in [9.17, 15) is 13.2 Å². The molecule has 7 nitrogen and oxygen atoms in total. The number of thioether (sulfide) groups is 1. The van der Waals surface area contributed by atoms with Crippen LogP contribution in [0.1, 0.15) is 5.56 Å². The molecule has 3 aromatic rings. The van der Waals surface area contributed by atoms with Crippen LogP contribution in [0.4, 0.5) is 11.5 Å². The van der Waals surface area contributed by atoms with Crippen LogP contribution in [0.5, 0.6) is 0 Å². The Bertz CT molecular complexity index is 1120. The molecule has 3 N–H and O–H groups in total. The second kappa shape index (κ2) is 8.48. The number of carbonyl (C=O) groups excluding carboxylic acids is 1. The van der Waals surface area contributed by atoms with Gasteiger partial charge in [-0.3, -0.25) is 4.79 Å². The minimum atomic E-state index is -3.76. The van der Waals surface area contributed by atoms with Crippen LogP contribution >= 0.6 is 34.7 Å². The van der Waals surface area contributed by atoms with Crippen molar-refractivity contribution in [1.29, 1.82) is 0 Å². The van der Waals surface area contributed by atoms with E-state index in [4.69, 9.17) is 17.3 Å². The first-order valence-electron chi connectivity index (χ1n) is 7.87. The van der Waals surface area contributed by atoms with Crippen LogP contribution in [-0.4, -0.2) is 30.0 Å². The quantitative estimate of drug-likeness (QED) is 0.431. The molecule has 0 fully saturated rings. The van der Waals surface area contributed by atoms with Gasteiger partial charge < -0.3 is 11.1 Å². The fourth-order valence-electron chi connectivity index (χ4n) is 2.21. The largest absolute Gasteiger partial charge is 0.382 e. The molecule has 0 aliphatic heterocycles. The maximum absolute atomic E-state index is 12.5. The molecule has 0 aliphatic carbocycles. The molecule has 0 saturated heterocycles. The van der Waals surface area contributed by atoms with Crippen LogP contribution in [0.25, 0.3) is 0 Å². The zero-order chi connectivity index (χ0) is 20.3. The maximum Gasteiger partial charge on any atom is 0.234 e. The van der Waals surface area contributed by atoms with E-state index in [0.29, 0.717) is 10.7 Å². The Morgan fingerprint density at radius 2 is 2.14 bits per heavy atom. The van der Waals surface area contributed by atoms with Gasteiger partial charge >= 0.3 is 0 Å². The molecule has 0 bridgehead atoms. The summed E-state index contributed by atoms with van der Waals surface area (Å²) in [6, 6.07) is 8.34. The Balaban J connectivity index is 1.68. The van der Waals surface area contributed by atoms with Crippen molar-refractivity contribution in [3.63, 3.8) is 0 Å². The lowest BCUT2D eigenvalue weighted by Gasteiger charge is -2.09. The van der Waals surface area contributed by atoms with Crippen LogP contribution in [0.15, 0.2) is 56.2 Å². The number of aryl methyl sites for hydroxylation is 1. The minimum Gasteiger partial charge on any atom is -0.382 e. The molecule has 0 radical (unpaired) electrons. The topological polar surface area (TPSA) is 115 Å². The molecule has 28 heavy (non-hydrogen) atoms. The number of nitrogens with one attached hydrogen (secondary N) is 1. The number of anilines is 2. The number of halogens is 1. The highest BCUT2D eigenvalue weighted by atomic mass is 35.5. The number of nitrogens with zero attached hydrogens (tertiary/aromatic N) is 2. The van der Waals surface area contributed by atoms with Gasteiger partial charge in [-0.05, 0) is 36.1 Å². The van der Waals surface area contributed by atoms with Crippen LogP contribution in [0.3, 0.4) is 0 Å². The molecule has 2 heterocycles. The first kappa shape index (κ1) is 20.6. The number of hydrogen-bond donors (Lipinski definition) is 2. The Labute approximate surface area is 175 Å². The smallest absolute Gasteiger partial charge is 0.234 e. The third kappa shape index (κ3) is 4.64. The Kier molecular flexibility index (Phi) is 6.23. The molecule has 1 aromatic carbocycles. The maximum atomic E-state index is 12.5. The van der Waals surface area contributed by atoms with Gasteiger partial charge in [0.1, 0.15) is 14.9 Å². The van der Waals surface area contributed by atoms with E-state index in [-0.39, 0.29) is 31.7 Å². The Morgan fingerprint density at radius 1 is 1.36 bits per heavy atom. The van der Waals surface area contributed by atoms with Gasteiger partial charge in [-0.1, -0.05) is 35.5 Å². The van der Waals surface area contributed by atoms with Crippen molar-refractivity contribution in [2.75, 3.05) is 16.8 Å². The van der Waals surface area contributed by atoms with E-state index in [2.05, 4.69) is 15.3 Å². The second-order valence-corrected chi connectivity index (χ2v) is 10.1. The Hall–Kier alpha value is -2.14. The minimum absolute atomic E-state index is 0.0302. The average Bonchev–Trinajstić information content (AvgIpc) is 3.18. The molecule has 0 aliphatic rings. The lowest BCUT2D eigenvalue weighted by Crippen LogP contribution is -2.15. The van der Waals surface area contributed by atoms with Crippen LogP contribution in [-0.2, 0) is 14.6 Å². The molecular formula is C17H15ClN4O3S3. The lowest BCUT2D eigenvalue weighted by molar-refractivity contribution is -0.113. The van der Waals surface area contributed by atoms with Crippen molar-refractivity contribution in [2.24, 2.45) is 0 Å². The van der Waals surface area contributed by atoms with Gasteiger partial charge in [-0.2, -0.15) is 0 Å². The number of rotatable bonds is 6. The van der Waals surface area contributed by atoms with Crippen molar-refractivity contribution in [1.82, 2.24) is 9.97 Å². The van der Waals surface area contributed by atoms with Crippen molar-refractivity contribution >= 4 is 61.9 Å². The highest BCUT2D eigenvalue weighted by molar-refractivity contribution is 7.99. The first-order chi connectivity index (χ1) is 13.3. The third-order valence-electron chi connectivity index (χ3n) is 3.62. The van der Waals surface area contributed by atoms with Crippen molar-refractivity contribution in [3.8, 4) is 0 Å². The molecule has 3 rings (SSSR count). The molecule has 0 atom stereocenters. The van der Waals surface area contributed by atoms with E-state index in [1.807, 2.05) is 13.0 Å². The van der Waals surface area contributed by atoms with Crippen LogP contribution in [0, 0.1) is 6.92 Å². The van der Waals surface area contributed by atoms with Crippen molar-refractivity contribution in [3.05, 3.63) is 52.5 Å². The van der Waals surface area contributed by atoms with E-state index >= 15 is 0 Å². The molecule has 0 spiro atoms. The lowest BCUT2D eigenvalue weighted by atomic mass is 10.2. The Morgan fingerprint density at radius 3 is 2.82 bits per heavy atom. The molecule has 11 heteroatoms. The fraction of sp³-hybridized carbons (Fsp3) is 0.118. The highest BCUT2D eigenvalue weighted by Crippen LogP contribution is 2.28. The third-order valence-corrected chi connectivity index (χ3v) is 7.88. The van der Waals surface area contributed by atoms with Gasteiger partial charge in [-0.25, -0.2) is 18.4 Å². The summed E-state index contributed by atoms with van der Waals surface area (Å²) in [5.74, 6) is -0.396. The molecule has 146 valence electrons. The van der Waals surface area contributed by atoms with E-state index in [1.165, 1.54) is 12.3 Å². The average molecular weight is 455 g/mol. The molecule has 1 amide bonds. The molecular weight excluding hydrogens is 440 g/mol. The summed E-state index contributed by atoms with van der Waals surface area (Å²) in [6.07, 6.45) is 1.17. The summed E-state index contributed by atoms with van der Waals surface area (Å²) in [4.78, 5) is 20.0. The number of nitrogen functional groups attached to an aromatic ring is 1. The summed E-state index contributed by atoms with van der Waals surface area (Å²) in [5.41, 5.74) is 7.33. The van der Waals surface area contributed by atoms with Crippen molar-refractivity contribution < 1.29 is 13.2 Å². The predicted molar refractivity (Wildman–Crippen MR) is 112 cm³/mol. The summed E-state index contributed by atoms with van der Waals surface area (Å²) in [7, 11) is -3.76. The number of hydrogen-bond acceptors (Lipinski definition) is 8. The molecule has 0 saturated carbocycles. The standard InChI is InChI=1S/C17H15ClN4O3S3/c1-10-4-5-11(18)7-12(10)21-14(23)9-27-17-20-8-13(16(19)22-17)28(24,25)15-3-2-6-26-15/h2-8H,9H2,1H3,(H,21,23)(H2,19,20,22). The van der Waals surface area contributed by atoms with Gasteiger partial charge in [0.25, 0.3) is 0 Å². The first-order valence-corrected chi connectivity index (χ1v) is 11.6.